The minimum Gasteiger partial charge on any atom is -0.423 e. The highest BCUT2D eigenvalue weighted by atomic mass is 19.1. The molecule has 1 amide bonds. The number of anilines is 1. The fourth-order valence-electron chi connectivity index (χ4n) is 1.51. The SMILES string of the molecule is O=C(Nc1ccncc1)c1ccc(B(O)O)cc1F. The number of hydrogen-bond acceptors (Lipinski definition) is 4. The van der Waals surface area contributed by atoms with Crippen LogP contribution < -0.4 is 10.8 Å². The lowest BCUT2D eigenvalue weighted by atomic mass is 9.80. The fourth-order valence-corrected chi connectivity index (χ4v) is 1.51. The van der Waals surface area contributed by atoms with E-state index in [-0.39, 0.29) is 11.0 Å². The van der Waals surface area contributed by atoms with Gasteiger partial charge in [-0.1, -0.05) is 6.07 Å². The van der Waals surface area contributed by atoms with Crippen LogP contribution in [-0.2, 0) is 0 Å². The van der Waals surface area contributed by atoms with Gasteiger partial charge in [-0.15, -0.1) is 0 Å². The number of hydrogen-bond donors (Lipinski definition) is 3. The minimum absolute atomic E-state index is 0.0158. The first kappa shape index (κ1) is 13.2. The summed E-state index contributed by atoms with van der Waals surface area (Å²) in [6, 6.07) is 6.52. The zero-order valence-electron chi connectivity index (χ0n) is 9.75. The zero-order chi connectivity index (χ0) is 13.8. The van der Waals surface area contributed by atoms with Gasteiger partial charge >= 0.3 is 7.12 Å². The average Bonchev–Trinajstić information content (AvgIpc) is 2.39. The summed E-state index contributed by atoms with van der Waals surface area (Å²) in [4.78, 5) is 15.6. The number of nitrogens with one attached hydrogen (secondary N) is 1. The van der Waals surface area contributed by atoms with Gasteiger partial charge in [0.2, 0.25) is 0 Å². The lowest BCUT2D eigenvalue weighted by molar-refractivity contribution is 0.102. The molecule has 0 unspecified atom stereocenters. The second-order valence-corrected chi connectivity index (χ2v) is 3.80. The van der Waals surface area contributed by atoms with Crippen molar-refractivity contribution >= 4 is 24.2 Å². The molecule has 0 saturated heterocycles. The molecular formula is C12H10BFN2O3. The van der Waals surface area contributed by atoms with Gasteiger partial charge in [0.25, 0.3) is 5.91 Å². The van der Waals surface area contributed by atoms with Crippen molar-refractivity contribution in [3.8, 4) is 0 Å². The Morgan fingerprint density at radius 3 is 2.47 bits per heavy atom. The van der Waals surface area contributed by atoms with Crippen LogP contribution in [-0.4, -0.2) is 28.1 Å². The maximum Gasteiger partial charge on any atom is 0.488 e. The highest BCUT2D eigenvalue weighted by Gasteiger charge is 2.17. The van der Waals surface area contributed by atoms with Crippen molar-refractivity contribution in [2.45, 2.75) is 0 Å². The molecule has 0 saturated carbocycles. The van der Waals surface area contributed by atoms with Crippen molar-refractivity contribution in [2.75, 3.05) is 5.32 Å². The van der Waals surface area contributed by atoms with Gasteiger partial charge < -0.3 is 15.4 Å². The van der Waals surface area contributed by atoms with E-state index < -0.39 is 18.8 Å². The van der Waals surface area contributed by atoms with Crippen LogP contribution in [0.2, 0.25) is 0 Å². The van der Waals surface area contributed by atoms with Crippen molar-refractivity contribution in [3.05, 3.63) is 54.1 Å². The van der Waals surface area contributed by atoms with Gasteiger partial charge in [0, 0.05) is 18.1 Å². The van der Waals surface area contributed by atoms with Crippen molar-refractivity contribution in [1.29, 1.82) is 0 Å². The van der Waals surface area contributed by atoms with E-state index in [9.17, 15) is 9.18 Å². The second-order valence-electron chi connectivity index (χ2n) is 3.80. The molecule has 0 aliphatic heterocycles. The van der Waals surface area contributed by atoms with Crippen LogP contribution in [0.4, 0.5) is 10.1 Å². The Kier molecular flexibility index (Phi) is 3.89. The number of carbonyl (C=O) groups excluding carboxylic acids is 1. The second kappa shape index (κ2) is 5.60. The largest absolute Gasteiger partial charge is 0.488 e. The summed E-state index contributed by atoms with van der Waals surface area (Å²) in [7, 11) is -1.77. The van der Waals surface area contributed by atoms with E-state index in [0.29, 0.717) is 5.69 Å². The Morgan fingerprint density at radius 1 is 1.21 bits per heavy atom. The van der Waals surface area contributed by atoms with Crippen LogP contribution in [0.1, 0.15) is 10.4 Å². The molecule has 1 aromatic heterocycles. The van der Waals surface area contributed by atoms with E-state index in [2.05, 4.69) is 10.3 Å². The molecule has 0 radical (unpaired) electrons. The molecular weight excluding hydrogens is 250 g/mol. The molecule has 0 spiro atoms. The van der Waals surface area contributed by atoms with Crippen LogP contribution in [0.3, 0.4) is 0 Å². The number of aromatic nitrogens is 1. The number of nitrogens with zero attached hydrogens (tertiary/aromatic N) is 1. The number of pyridine rings is 1. The predicted molar refractivity (Wildman–Crippen MR) is 68.4 cm³/mol. The lowest BCUT2D eigenvalue weighted by Gasteiger charge is -2.07. The summed E-state index contributed by atoms with van der Waals surface area (Å²) in [6.07, 6.45) is 2.99. The average molecular weight is 260 g/mol. The molecule has 0 atom stereocenters. The molecule has 96 valence electrons. The highest BCUT2D eigenvalue weighted by molar-refractivity contribution is 6.58. The third-order valence-electron chi connectivity index (χ3n) is 2.47. The van der Waals surface area contributed by atoms with Gasteiger partial charge in [-0.3, -0.25) is 9.78 Å². The van der Waals surface area contributed by atoms with E-state index >= 15 is 0 Å². The maximum absolute atomic E-state index is 13.7. The van der Waals surface area contributed by atoms with Crippen molar-refractivity contribution in [2.24, 2.45) is 0 Å². The third-order valence-corrected chi connectivity index (χ3v) is 2.47. The number of benzene rings is 1. The van der Waals surface area contributed by atoms with Crippen LogP contribution in [0.5, 0.6) is 0 Å². The Hall–Kier alpha value is -2.25. The Labute approximate surface area is 108 Å². The Balaban J connectivity index is 2.20. The van der Waals surface area contributed by atoms with Crippen LogP contribution in [0.25, 0.3) is 0 Å². The molecule has 2 aromatic rings. The zero-order valence-corrected chi connectivity index (χ0v) is 9.75. The maximum atomic E-state index is 13.7. The summed E-state index contributed by atoms with van der Waals surface area (Å²) in [6.45, 7) is 0. The molecule has 19 heavy (non-hydrogen) atoms. The molecule has 0 bridgehead atoms. The predicted octanol–water partition coefficient (Wildman–Crippen LogP) is 0.153. The molecule has 0 aliphatic rings. The van der Waals surface area contributed by atoms with Gasteiger partial charge in [0.05, 0.1) is 5.56 Å². The van der Waals surface area contributed by atoms with Gasteiger partial charge in [0.15, 0.2) is 0 Å². The normalized spacial score (nSPS) is 10.1. The summed E-state index contributed by atoms with van der Waals surface area (Å²) in [5.41, 5.74) is 0.296. The van der Waals surface area contributed by atoms with Gasteiger partial charge in [-0.25, -0.2) is 4.39 Å². The quantitative estimate of drug-likeness (QED) is 0.686. The summed E-state index contributed by atoms with van der Waals surface area (Å²) < 4.78 is 13.7. The van der Waals surface area contributed by atoms with E-state index in [1.165, 1.54) is 24.5 Å². The Morgan fingerprint density at radius 2 is 1.89 bits per heavy atom. The van der Waals surface area contributed by atoms with Crippen LogP contribution in [0, 0.1) is 5.82 Å². The standard InChI is InChI=1S/C12H10BFN2O3/c14-11-7-8(13(18)19)1-2-10(11)12(17)16-9-3-5-15-6-4-9/h1-7,18-19H,(H,15,16,17). The van der Waals surface area contributed by atoms with Crippen LogP contribution >= 0.6 is 0 Å². The topological polar surface area (TPSA) is 82.5 Å². The molecule has 1 heterocycles. The Bertz CT molecular complexity index is 593. The molecule has 5 nitrogen and oxygen atoms in total. The molecule has 2 rings (SSSR count). The third kappa shape index (κ3) is 3.15. The lowest BCUT2D eigenvalue weighted by Crippen LogP contribution is -2.30. The number of halogens is 1. The number of amides is 1. The van der Waals surface area contributed by atoms with Crippen LogP contribution in [0.15, 0.2) is 42.7 Å². The molecule has 0 aliphatic carbocycles. The number of rotatable bonds is 3. The summed E-state index contributed by atoms with van der Waals surface area (Å²) >= 11 is 0. The van der Waals surface area contributed by atoms with E-state index in [1.807, 2.05) is 0 Å². The van der Waals surface area contributed by atoms with Crippen molar-refractivity contribution in [1.82, 2.24) is 4.98 Å². The van der Waals surface area contributed by atoms with E-state index in [0.717, 1.165) is 6.07 Å². The van der Waals surface area contributed by atoms with Gasteiger partial charge in [-0.05, 0) is 29.7 Å². The fraction of sp³-hybridized carbons (Fsp3) is 0. The van der Waals surface area contributed by atoms with Gasteiger partial charge in [-0.2, -0.15) is 0 Å². The molecule has 1 aromatic carbocycles. The number of carbonyl (C=O) groups is 1. The molecule has 7 heteroatoms. The van der Waals surface area contributed by atoms with E-state index in [1.54, 1.807) is 12.1 Å². The highest BCUT2D eigenvalue weighted by Crippen LogP contribution is 2.10. The van der Waals surface area contributed by atoms with Crippen molar-refractivity contribution < 1.29 is 19.2 Å². The smallest absolute Gasteiger partial charge is 0.423 e. The molecule has 0 fully saturated rings. The monoisotopic (exact) mass is 260 g/mol. The first-order chi connectivity index (χ1) is 9.08. The minimum atomic E-state index is -1.77. The summed E-state index contributed by atoms with van der Waals surface area (Å²) in [5, 5.41) is 20.3. The van der Waals surface area contributed by atoms with Crippen molar-refractivity contribution in [3.63, 3.8) is 0 Å². The first-order valence-corrected chi connectivity index (χ1v) is 5.45. The van der Waals surface area contributed by atoms with E-state index in [4.69, 9.17) is 10.0 Å². The van der Waals surface area contributed by atoms with Gasteiger partial charge in [0.1, 0.15) is 5.82 Å². The summed E-state index contributed by atoms with van der Waals surface area (Å²) in [5.74, 6) is -1.44. The molecule has 3 N–H and O–H groups in total. The first-order valence-electron chi connectivity index (χ1n) is 5.45.